The van der Waals surface area contributed by atoms with E-state index in [0.29, 0.717) is 30.8 Å². The van der Waals surface area contributed by atoms with Crippen molar-refractivity contribution < 1.29 is 12.8 Å². The van der Waals surface area contributed by atoms with Crippen molar-refractivity contribution in [2.24, 2.45) is 0 Å². The van der Waals surface area contributed by atoms with Crippen molar-refractivity contribution in [3.63, 3.8) is 0 Å². The smallest absolute Gasteiger partial charge is 0.292 e. The second-order valence-electron chi connectivity index (χ2n) is 3.82. The molecule has 1 aliphatic heterocycles. The van der Waals surface area contributed by atoms with Crippen LogP contribution in [0.5, 0.6) is 0 Å². The van der Waals surface area contributed by atoms with Crippen LogP contribution in [0.2, 0.25) is 0 Å². The van der Waals surface area contributed by atoms with Gasteiger partial charge in [0.2, 0.25) is 10.0 Å². The lowest BCUT2D eigenvalue weighted by Gasteiger charge is -2.24. The number of anilines is 1. The molecule has 0 amide bonds. The van der Waals surface area contributed by atoms with E-state index in [1.165, 1.54) is 4.31 Å². The summed E-state index contributed by atoms with van der Waals surface area (Å²) in [7, 11) is -3.16. The van der Waals surface area contributed by atoms with Crippen LogP contribution in [0.25, 0.3) is 0 Å². The van der Waals surface area contributed by atoms with E-state index in [1.807, 2.05) is 6.92 Å². The third kappa shape index (κ3) is 2.05. The van der Waals surface area contributed by atoms with Gasteiger partial charge in [-0.05, 0) is 6.42 Å². The van der Waals surface area contributed by atoms with Gasteiger partial charge in [-0.25, -0.2) is 8.42 Å². The third-order valence-corrected chi connectivity index (χ3v) is 4.59. The molecule has 2 rings (SSSR count). The molecule has 2 N–H and O–H groups in total. The van der Waals surface area contributed by atoms with Gasteiger partial charge in [0, 0.05) is 13.0 Å². The Labute approximate surface area is 94.5 Å². The highest BCUT2D eigenvalue weighted by molar-refractivity contribution is 7.89. The Morgan fingerprint density at radius 3 is 3.00 bits per heavy atom. The number of sulfonamides is 1. The van der Waals surface area contributed by atoms with Crippen molar-refractivity contribution in [2.75, 3.05) is 18.0 Å². The fourth-order valence-corrected chi connectivity index (χ4v) is 3.28. The zero-order chi connectivity index (χ0) is 11.8. The van der Waals surface area contributed by atoms with E-state index in [9.17, 15) is 8.42 Å². The molecule has 0 aliphatic carbocycles. The van der Waals surface area contributed by atoms with Crippen molar-refractivity contribution in [2.45, 2.75) is 26.3 Å². The number of nitrogens with two attached hydrogens (primary N) is 1. The maximum atomic E-state index is 11.8. The van der Waals surface area contributed by atoms with Gasteiger partial charge in [0.25, 0.3) is 6.01 Å². The van der Waals surface area contributed by atoms with Gasteiger partial charge in [0.1, 0.15) is 5.76 Å². The van der Waals surface area contributed by atoms with E-state index < -0.39 is 10.0 Å². The first-order valence-corrected chi connectivity index (χ1v) is 6.85. The minimum absolute atomic E-state index is 0.111. The summed E-state index contributed by atoms with van der Waals surface area (Å²) in [5.74, 6) is 0.885. The molecule has 6 nitrogen and oxygen atoms in total. The van der Waals surface area contributed by atoms with Gasteiger partial charge in [-0.2, -0.15) is 9.29 Å². The number of oxazole rings is 1. The number of aromatic nitrogens is 1. The van der Waals surface area contributed by atoms with Crippen LogP contribution < -0.4 is 5.73 Å². The average Bonchev–Trinajstić information content (AvgIpc) is 2.56. The van der Waals surface area contributed by atoms with Gasteiger partial charge in [-0.3, -0.25) is 0 Å². The first-order chi connectivity index (χ1) is 7.53. The number of hydrogen-bond acceptors (Lipinski definition) is 5. The molecule has 2 heterocycles. The van der Waals surface area contributed by atoms with E-state index in [4.69, 9.17) is 10.2 Å². The second kappa shape index (κ2) is 4.06. The van der Waals surface area contributed by atoms with Crippen molar-refractivity contribution in [3.8, 4) is 0 Å². The highest BCUT2D eigenvalue weighted by atomic mass is 32.2. The molecule has 1 aliphatic rings. The van der Waals surface area contributed by atoms with Crippen LogP contribution in [0.1, 0.15) is 24.8 Å². The Balaban J connectivity index is 2.19. The molecule has 1 aromatic heterocycles. The second-order valence-corrected chi connectivity index (χ2v) is 5.91. The van der Waals surface area contributed by atoms with Crippen LogP contribution in [-0.4, -0.2) is 30.0 Å². The van der Waals surface area contributed by atoms with Gasteiger partial charge in [0.05, 0.1) is 18.0 Å². The van der Waals surface area contributed by atoms with E-state index >= 15 is 0 Å². The minimum Gasteiger partial charge on any atom is -0.429 e. The summed E-state index contributed by atoms with van der Waals surface area (Å²) < 4.78 is 30.3. The maximum absolute atomic E-state index is 11.8. The highest BCUT2D eigenvalue weighted by Crippen LogP contribution is 2.22. The summed E-state index contributed by atoms with van der Waals surface area (Å²) >= 11 is 0. The van der Waals surface area contributed by atoms with E-state index in [0.717, 1.165) is 0 Å². The molecule has 0 spiro atoms. The molecular weight excluding hydrogens is 230 g/mol. The largest absolute Gasteiger partial charge is 0.429 e. The van der Waals surface area contributed by atoms with Gasteiger partial charge in [-0.15, -0.1) is 0 Å². The van der Waals surface area contributed by atoms with Crippen LogP contribution in [0.4, 0.5) is 6.01 Å². The Bertz CT molecular complexity index is 480. The number of rotatable bonds is 3. The molecule has 0 aromatic carbocycles. The normalized spacial score (nSPS) is 17.3. The van der Waals surface area contributed by atoms with Gasteiger partial charge in [0.15, 0.2) is 0 Å². The van der Waals surface area contributed by atoms with Gasteiger partial charge in [-0.1, -0.05) is 6.92 Å². The molecule has 0 radical (unpaired) electrons. The molecule has 0 unspecified atom stereocenters. The molecular formula is C9H15N3O3S. The standard InChI is InChI=1S/C9H15N3O3S/c1-2-5-16(13,14)12-4-3-8-7(6-12)11-9(10)15-8/h2-6H2,1H3,(H2,10,11). The Morgan fingerprint density at radius 2 is 2.31 bits per heavy atom. The predicted molar refractivity (Wildman–Crippen MR) is 59.1 cm³/mol. The number of fused-ring (bicyclic) bond motifs is 1. The van der Waals surface area contributed by atoms with E-state index in [2.05, 4.69) is 4.98 Å². The first kappa shape index (κ1) is 11.4. The lowest BCUT2D eigenvalue weighted by Crippen LogP contribution is -2.37. The topological polar surface area (TPSA) is 89.4 Å². The van der Waals surface area contributed by atoms with E-state index in [1.54, 1.807) is 0 Å². The van der Waals surface area contributed by atoms with Crippen molar-refractivity contribution in [1.29, 1.82) is 0 Å². The molecule has 16 heavy (non-hydrogen) atoms. The molecule has 7 heteroatoms. The minimum atomic E-state index is -3.16. The lowest BCUT2D eigenvalue weighted by molar-refractivity contribution is 0.363. The molecule has 0 saturated carbocycles. The summed E-state index contributed by atoms with van der Waals surface area (Å²) in [6.07, 6.45) is 1.16. The number of nitrogens with zero attached hydrogens (tertiary/aromatic N) is 2. The molecule has 0 atom stereocenters. The molecule has 0 bridgehead atoms. The van der Waals surface area contributed by atoms with Crippen LogP contribution in [0.3, 0.4) is 0 Å². The summed E-state index contributed by atoms with van der Waals surface area (Å²) in [5.41, 5.74) is 6.07. The SMILES string of the molecule is CCCS(=O)(=O)N1CCc2oc(N)nc2C1. The van der Waals surface area contributed by atoms with Gasteiger partial charge < -0.3 is 10.2 Å². The quantitative estimate of drug-likeness (QED) is 0.830. The van der Waals surface area contributed by atoms with Crippen LogP contribution in [-0.2, 0) is 23.0 Å². The fourth-order valence-electron chi connectivity index (χ4n) is 1.82. The summed E-state index contributed by atoms with van der Waals surface area (Å²) in [4.78, 5) is 3.98. The number of hydrogen-bond donors (Lipinski definition) is 1. The molecule has 0 fully saturated rings. The van der Waals surface area contributed by atoms with Gasteiger partial charge >= 0.3 is 0 Å². The Kier molecular flexibility index (Phi) is 2.90. The molecule has 1 aromatic rings. The summed E-state index contributed by atoms with van der Waals surface area (Å²) in [6, 6.07) is 0.111. The maximum Gasteiger partial charge on any atom is 0.292 e. The fraction of sp³-hybridized carbons (Fsp3) is 0.667. The summed E-state index contributed by atoms with van der Waals surface area (Å²) in [5, 5.41) is 0. The van der Waals surface area contributed by atoms with Crippen molar-refractivity contribution in [1.82, 2.24) is 9.29 Å². The van der Waals surface area contributed by atoms with Crippen LogP contribution in [0, 0.1) is 0 Å². The first-order valence-electron chi connectivity index (χ1n) is 5.25. The predicted octanol–water partition coefficient (Wildman–Crippen LogP) is 0.355. The van der Waals surface area contributed by atoms with Crippen molar-refractivity contribution in [3.05, 3.63) is 11.5 Å². The summed E-state index contributed by atoms with van der Waals surface area (Å²) in [6.45, 7) is 2.57. The monoisotopic (exact) mass is 245 g/mol. The Morgan fingerprint density at radius 1 is 1.56 bits per heavy atom. The van der Waals surface area contributed by atoms with Crippen LogP contribution >= 0.6 is 0 Å². The van der Waals surface area contributed by atoms with E-state index in [-0.39, 0.29) is 18.3 Å². The zero-order valence-corrected chi connectivity index (χ0v) is 9.96. The molecule has 90 valence electrons. The zero-order valence-electron chi connectivity index (χ0n) is 9.14. The lowest BCUT2D eigenvalue weighted by atomic mass is 10.2. The highest BCUT2D eigenvalue weighted by Gasteiger charge is 2.28. The Hall–Kier alpha value is -1.08. The van der Waals surface area contributed by atoms with Crippen LogP contribution in [0.15, 0.2) is 4.42 Å². The molecule has 0 saturated heterocycles. The van der Waals surface area contributed by atoms with Crippen molar-refractivity contribution >= 4 is 16.0 Å². The third-order valence-electron chi connectivity index (χ3n) is 2.56. The average molecular weight is 245 g/mol. The number of nitrogen functional groups attached to an aromatic ring is 1.